The van der Waals surface area contributed by atoms with Gasteiger partial charge in [-0.1, -0.05) is 51.8 Å². The highest BCUT2D eigenvalue weighted by Crippen LogP contribution is 2.22. The molecule has 0 saturated heterocycles. The molecule has 0 heterocycles. The van der Waals surface area contributed by atoms with Crippen molar-refractivity contribution in [2.45, 2.75) is 6.92 Å². The molecule has 0 aliphatic carbocycles. The van der Waals surface area contributed by atoms with Gasteiger partial charge in [0, 0.05) is 10.5 Å². The van der Waals surface area contributed by atoms with Crippen LogP contribution in [0.4, 0.5) is 5.69 Å². The molecule has 0 bridgehead atoms. The minimum atomic E-state index is -0.601. The van der Waals surface area contributed by atoms with E-state index in [0.717, 1.165) is 15.6 Å². The van der Waals surface area contributed by atoms with Gasteiger partial charge in [-0.2, -0.15) is 0 Å². The lowest BCUT2D eigenvalue weighted by Gasteiger charge is -2.07. The molecule has 0 saturated carbocycles. The molecule has 6 heteroatoms. The summed E-state index contributed by atoms with van der Waals surface area (Å²) in [6.07, 6.45) is 2.88. The molecule has 0 aliphatic heterocycles. The van der Waals surface area contributed by atoms with Gasteiger partial charge >= 0.3 is 5.97 Å². The van der Waals surface area contributed by atoms with Crippen molar-refractivity contribution >= 4 is 51.2 Å². The van der Waals surface area contributed by atoms with E-state index in [-0.39, 0.29) is 6.61 Å². The third kappa shape index (κ3) is 5.51. The monoisotopic (exact) mass is 407 g/mol. The average Bonchev–Trinajstić information content (AvgIpc) is 2.55. The Bertz CT molecular complexity index is 790. The Morgan fingerprint density at radius 1 is 1.25 bits per heavy atom. The zero-order valence-corrected chi connectivity index (χ0v) is 15.2. The SMILES string of the molecule is Cc1ccc(NC(=O)COC(=O)/C=C/c2ccccc2Br)c(Cl)c1. The molecule has 0 fully saturated rings. The van der Waals surface area contributed by atoms with Crippen molar-refractivity contribution in [3.8, 4) is 0 Å². The summed E-state index contributed by atoms with van der Waals surface area (Å²) >= 11 is 9.41. The van der Waals surface area contributed by atoms with Gasteiger partial charge in [0.15, 0.2) is 6.61 Å². The number of ether oxygens (including phenoxy) is 1. The van der Waals surface area contributed by atoms with Gasteiger partial charge in [-0.15, -0.1) is 0 Å². The highest BCUT2D eigenvalue weighted by Gasteiger charge is 2.08. The first kappa shape index (κ1) is 18.2. The molecule has 2 rings (SSSR count). The molecule has 2 aromatic rings. The number of carbonyl (C=O) groups is 2. The predicted molar refractivity (Wildman–Crippen MR) is 99.0 cm³/mol. The van der Waals surface area contributed by atoms with Crippen LogP contribution in [0.5, 0.6) is 0 Å². The highest BCUT2D eigenvalue weighted by atomic mass is 79.9. The Balaban J connectivity index is 1.85. The Hall–Kier alpha value is -2.11. The quantitative estimate of drug-likeness (QED) is 0.581. The van der Waals surface area contributed by atoms with Crippen molar-refractivity contribution in [2.75, 3.05) is 11.9 Å². The second-order valence-electron chi connectivity index (χ2n) is 4.99. The topological polar surface area (TPSA) is 55.4 Å². The van der Waals surface area contributed by atoms with Gasteiger partial charge in [-0.05, 0) is 42.3 Å². The number of amides is 1. The first-order chi connectivity index (χ1) is 11.5. The summed E-state index contributed by atoms with van der Waals surface area (Å²) < 4.78 is 5.77. The van der Waals surface area contributed by atoms with Gasteiger partial charge in [0.2, 0.25) is 0 Å². The van der Waals surface area contributed by atoms with E-state index >= 15 is 0 Å². The largest absolute Gasteiger partial charge is 0.452 e. The van der Waals surface area contributed by atoms with Crippen molar-refractivity contribution in [1.29, 1.82) is 0 Å². The Morgan fingerprint density at radius 2 is 2.00 bits per heavy atom. The van der Waals surface area contributed by atoms with Crippen LogP contribution in [0.25, 0.3) is 6.08 Å². The van der Waals surface area contributed by atoms with Crippen molar-refractivity contribution < 1.29 is 14.3 Å². The van der Waals surface area contributed by atoms with Crippen LogP contribution in [0.2, 0.25) is 5.02 Å². The van der Waals surface area contributed by atoms with Crippen LogP contribution in [0.3, 0.4) is 0 Å². The lowest BCUT2D eigenvalue weighted by Crippen LogP contribution is -2.20. The smallest absolute Gasteiger partial charge is 0.331 e. The molecular weight excluding hydrogens is 394 g/mol. The molecule has 2 aromatic carbocycles. The van der Waals surface area contributed by atoms with E-state index in [9.17, 15) is 9.59 Å². The molecule has 0 aromatic heterocycles. The fraction of sp³-hybridized carbons (Fsp3) is 0.111. The number of anilines is 1. The molecule has 1 amide bonds. The van der Waals surface area contributed by atoms with Crippen LogP contribution in [-0.2, 0) is 14.3 Å². The number of nitrogens with one attached hydrogen (secondary N) is 1. The lowest BCUT2D eigenvalue weighted by molar-refractivity contribution is -0.142. The van der Waals surface area contributed by atoms with E-state index in [2.05, 4.69) is 21.2 Å². The number of benzene rings is 2. The third-order valence-electron chi connectivity index (χ3n) is 3.05. The van der Waals surface area contributed by atoms with Gasteiger partial charge in [0.25, 0.3) is 5.91 Å². The van der Waals surface area contributed by atoms with Gasteiger partial charge in [0.05, 0.1) is 10.7 Å². The summed E-state index contributed by atoms with van der Waals surface area (Å²) in [4.78, 5) is 23.5. The molecule has 0 atom stereocenters. The summed E-state index contributed by atoms with van der Waals surface area (Å²) in [7, 11) is 0. The molecule has 24 heavy (non-hydrogen) atoms. The van der Waals surface area contributed by atoms with E-state index in [1.807, 2.05) is 37.3 Å². The fourth-order valence-corrected chi connectivity index (χ4v) is 2.56. The molecule has 4 nitrogen and oxygen atoms in total. The molecule has 0 spiro atoms. The molecule has 1 N–H and O–H groups in total. The Labute approximate surface area is 153 Å². The summed E-state index contributed by atoms with van der Waals surface area (Å²) in [6.45, 7) is 1.51. The van der Waals surface area contributed by atoms with E-state index in [0.29, 0.717) is 10.7 Å². The molecule has 0 aliphatic rings. The fourth-order valence-electron chi connectivity index (χ4n) is 1.86. The Morgan fingerprint density at radius 3 is 2.71 bits per heavy atom. The van der Waals surface area contributed by atoms with Crippen LogP contribution >= 0.6 is 27.5 Å². The van der Waals surface area contributed by atoms with Gasteiger partial charge < -0.3 is 10.1 Å². The van der Waals surface area contributed by atoms with Crippen LogP contribution in [0.1, 0.15) is 11.1 Å². The number of rotatable bonds is 5. The number of hydrogen-bond donors (Lipinski definition) is 1. The van der Waals surface area contributed by atoms with Crippen LogP contribution in [0, 0.1) is 6.92 Å². The third-order valence-corrected chi connectivity index (χ3v) is 4.08. The second kappa shape index (κ2) is 8.66. The van der Waals surface area contributed by atoms with Crippen molar-refractivity contribution in [2.24, 2.45) is 0 Å². The number of carbonyl (C=O) groups excluding carboxylic acids is 2. The molecule has 0 unspecified atom stereocenters. The predicted octanol–water partition coefficient (Wildman–Crippen LogP) is 4.61. The normalized spacial score (nSPS) is 10.6. The zero-order chi connectivity index (χ0) is 17.5. The second-order valence-corrected chi connectivity index (χ2v) is 6.26. The minimum Gasteiger partial charge on any atom is -0.452 e. The summed E-state index contributed by atoms with van der Waals surface area (Å²) in [6, 6.07) is 12.7. The summed E-state index contributed by atoms with van der Waals surface area (Å²) in [5.74, 6) is -1.06. The number of halogens is 2. The van der Waals surface area contributed by atoms with E-state index in [4.69, 9.17) is 16.3 Å². The Kier molecular flexibility index (Phi) is 6.58. The lowest BCUT2D eigenvalue weighted by atomic mass is 10.2. The van der Waals surface area contributed by atoms with Gasteiger partial charge in [-0.3, -0.25) is 4.79 Å². The number of esters is 1. The van der Waals surface area contributed by atoms with Crippen LogP contribution in [0.15, 0.2) is 53.0 Å². The molecule has 0 radical (unpaired) electrons. The molecule has 124 valence electrons. The van der Waals surface area contributed by atoms with Crippen molar-refractivity contribution in [3.05, 3.63) is 69.2 Å². The van der Waals surface area contributed by atoms with Crippen molar-refractivity contribution in [3.63, 3.8) is 0 Å². The van der Waals surface area contributed by atoms with Gasteiger partial charge in [0.1, 0.15) is 0 Å². The maximum atomic E-state index is 11.8. The summed E-state index contributed by atoms with van der Waals surface area (Å²) in [5.41, 5.74) is 2.30. The highest BCUT2D eigenvalue weighted by molar-refractivity contribution is 9.10. The average molecular weight is 409 g/mol. The van der Waals surface area contributed by atoms with E-state index in [1.165, 1.54) is 6.08 Å². The first-order valence-electron chi connectivity index (χ1n) is 7.11. The number of hydrogen-bond acceptors (Lipinski definition) is 3. The van der Waals surface area contributed by atoms with Crippen molar-refractivity contribution in [1.82, 2.24) is 0 Å². The number of aryl methyl sites for hydroxylation is 1. The molecular formula is C18H15BrClNO3. The maximum Gasteiger partial charge on any atom is 0.331 e. The van der Waals surface area contributed by atoms with E-state index in [1.54, 1.807) is 18.2 Å². The van der Waals surface area contributed by atoms with Crippen LogP contribution in [-0.4, -0.2) is 18.5 Å². The summed E-state index contributed by atoms with van der Waals surface area (Å²) in [5, 5.41) is 3.03. The minimum absolute atomic E-state index is 0.386. The standard InChI is InChI=1S/C18H15BrClNO3/c1-12-6-8-16(15(20)10-12)21-17(22)11-24-18(23)9-7-13-4-2-3-5-14(13)19/h2-10H,11H2,1H3,(H,21,22)/b9-7+. The first-order valence-corrected chi connectivity index (χ1v) is 8.28. The zero-order valence-electron chi connectivity index (χ0n) is 12.9. The van der Waals surface area contributed by atoms with Crippen LogP contribution < -0.4 is 5.32 Å². The van der Waals surface area contributed by atoms with Gasteiger partial charge in [-0.25, -0.2) is 4.79 Å². The maximum absolute atomic E-state index is 11.8. The van der Waals surface area contributed by atoms with E-state index < -0.39 is 11.9 Å².